The SMILES string of the molecule is Cc1cc(C)cc(Cc2ccc(=O)[nH]n2)c1. The molecule has 0 amide bonds. The van der Waals surface area contributed by atoms with Crippen LogP contribution in [-0.2, 0) is 6.42 Å². The monoisotopic (exact) mass is 214 g/mol. The third-order valence-electron chi connectivity index (χ3n) is 2.40. The van der Waals surface area contributed by atoms with E-state index in [-0.39, 0.29) is 5.56 Å². The van der Waals surface area contributed by atoms with Crippen molar-refractivity contribution in [1.82, 2.24) is 10.2 Å². The lowest BCUT2D eigenvalue weighted by atomic mass is 10.0. The number of benzene rings is 1. The molecule has 0 fully saturated rings. The summed E-state index contributed by atoms with van der Waals surface area (Å²) in [7, 11) is 0. The van der Waals surface area contributed by atoms with Crippen LogP contribution in [-0.4, -0.2) is 10.2 Å². The average molecular weight is 214 g/mol. The van der Waals surface area contributed by atoms with Gasteiger partial charge in [-0.2, -0.15) is 5.10 Å². The number of H-pyrrole nitrogens is 1. The van der Waals surface area contributed by atoms with Crippen LogP contribution >= 0.6 is 0 Å². The molecule has 0 saturated carbocycles. The van der Waals surface area contributed by atoms with E-state index in [1.807, 2.05) is 0 Å². The lowest BCUT2D eigenvalue weighted by molar-refractivity contribution is 0.909. The van der Waals surface area contributed by atoms with Gasteiger partial charge in [0.05, 0.1) is 5.69 Å². The lowest BCUT2D eigenvalue weighted by Gasteiger charge is -2.04. The summed E-state index contributed by atoms with van der Waals surface area (Å²) in [6.07, 6.45) is 0.749. The molecule has 3 heteroatoms. The molecule has 2 rings (SSSR count). The molecular weight excluding hydrogens is 200 g/mol. The van der Waals surface area contributed by atoms with E-state index in [1.165, 1.54) is 22.8 Å². The van der Waals surface area contributed by atoms with Gasteiger partial charge in [-0.1, -0.05) is 29.3 Å². The van der Waals surface area contributed by atoms with Gasteiger partial charge >= 0.3 is 0 Å². The predicted molar refractivity (Wildman–Crippen MR) is 63.6 cm³/mol. The lowest BCUT2D eigenvalue weighted by Crippen LogP contribution is -2.07. The van der Waals surface area contributed by atoms with Crippen LogP contribution in [0, 0.1) is 13.8 Å². The number of aromatic nitrogens is 2. The smallest absolute Gasteiger partial charge is 0.264 e. The second kappa shape index (κ2) is 4.31. The molecule has 0 spiro atoms. The molecule has 2 aromatic rings. The summed E-state index contributed by atoms with van der Waals surface area (Å²) >= 11 is 0. The highest BCUT2D eigenvalue weighted by atomic mass is 16.1. The van der Waals surface area contributed by atoms with Crippen molar-refractivity contribution in [2.75, 3.05) is 0 Å². The molecule has 1 aromatic carbocycles. The van der Waals surface area contributed by atoms with Gasteiger partial charge in [-0.25, -0.2) is 5.10 Å². The van der Waals surface area contributed by atoms with E-state index >= 15 is 0 Å². The molecule has 0 saturated heterocycles. The number of nitrogens with zero attached hydrogens (tertiary/aromatic N) is 1. The highest BCUT2D eigenvalue weighted by Crippen LogP contribution is 2.11. The zero-order valence-corrected chi connectivity index (χ0v) is 9.45. The van der Waals surface area contributed by atoms with Crippen LogP contribution in [0.1, 0.15) is 22.4 Å². The maximum atomic E-state index is 10.9. The van der Waals surface area contributed by atoms with Crippen molar-refractivity contribution in [3.63, 3.8) is 0 Å². The Hall–Kier alpha value is -1.90. The van der Waals surface area contributed by atoms with Gasteiger partial charge in [0, 0.05) is 12.5 Å². The molecule has 1 N–H and O–H groups in total. The number of aromatic amines is 1. The summed E-state index contributed by atoms with van der Waals surface area (Å²) in [6, 6.07) is 9.69. The van der Waals surface area contributed by atoms with Gasteiger partial charge in [-0.15, -0.1) is 0 Å². The Morgan fingerprint density at radius 1 is 1.12 bits per heavy atom. The average Bonchev–Trinajstić information content (AvgIpc) is 2.20. The molecule has 82 valence electrons. The van der Waals surface area contributed by atoms with Crippen molar-refractivity contribution in [2.24, 2.45) is 0 Å². The summed E-state index contributed by atoms with van der Waals surface area (Å²) in [5.74, 6) is 0. The summed E-state index contributed by atoms with van der Waals surface area (Å²) in [6.45, 7) is 4.16. The number of aryl methyl sites for hydroxylation is 2. The molecule has 0 radical (unpaired) electrons. The van der Waals surface area contributed by atoms with Gasteiger partial charge in [-0.3, -0.25) is 4.79 Å². The summed E-state index contributed by atoms with van der Waals surface area (Å²) in [4.78, 5) is 10.9. The number of hydrogen-bond donors (Lipinski definition) is 1. The van der Waals surface area contributed by atoms with Crippen LogP contribution in [0.3, 0.4) is 0 Å². The van der Waals surface area contributed by atoms with E-state index < -0.39 is 0 Å². The Balaban J connectivity index is 2.26. The van der Waals surface area contributed by atoms with Crippen LogP contribution in [0.5, 0.6) is 0 Å². The van der Waals surface area contributed by atoms with Gasteiger partial charge < -0.3 is 0 Å². The molecule has 0 aliphatic heterocycles. The predicted octanol–water partition coefficient (Wildman–Crippen LogP) is 1.98. The van der Waals surface area contributed by atoms with Crippen molar-refractivity contribution in [3.8, 4) is 0 Å². The van der Waals surface area contributed by atoms with Gasteiger partial charge in [0.1, 0.15) is 0 Å². The molecular formula is C13H14N2O. The van der Waals surface area contributed by atoms with Gasteiger partial charge in [0.15, 0.2) is 0 Å². The fourth-order valence-corrected chi connectivity index (χ4v) is 1.85. The summed E-state index contributed by atoms with van der Waals surface area (Å²) in [5.41, 5.74) is 4.43. The van der Waals surface area contributed by atoms with E-state index in [0.29, 0.717) is 0 Å². The van der Waals surface area contributed by atoms with Crippen LogP contribution in [0.2, 0.25) is 0 Å². The quantitative estimate of drug-likeness (QED) is 0.830. The Kier molecular flexibility index (Phi) is 2.86. The molecule has 0 atom stereocenters. The number of hydrogen-bond acceptors (Lipinski definition) is 2. The van der Waals surface area contributed by atoms with Crippen LogP contribution in [0.25, 0.3) is 0 Å². The zero-order valence-electron chi connectivity index (χ0n) is 9.45. The van der Waals surface area contributed by atoms with Gasteiger partial charge in [-0.05, 0) is 25.5 Å². The zero-order chi connectivity index (χ0) is 11.5. The van der Waals surface area contributed by atoms with Crippen molar-refractivity contribution in [3.05, 3.63) is 63.1 Å². The first-order valence-corrected chi connectivity index (χ1v) is 5.25. The Morgan fingerprint density at radius 2 is 1.81 bits per heavy atom. The topological polar surface area (TPSA) is 45.8 Å². The van der Waals surface area contributed by atoms with E-state index in [1.54, 1.807) is 6.07 Å². The molecule has 3 nitrogen and oxygen atoms in total. The Morgan fingerprint density at radius 3 is 2.38 bits per heavy atom. The maximum absolute atomic E-state index is 10.9. The fourth-order valence-electron chi connectivity index (χ4n) is 1.85. The van der Waals surface area contributed by atoms with Crippen LogP contribution in [0.4, 0.5) is 0 Å². The van der Waals surface area contributed by atoms with Crippen molar-refractivity contribution in [2.45, 2.75) is 20.3 Å². The minimum Gasteiger partial charge on any atom is -0.268 e. The second-order valence-corrected chi connectivity index (χ2v) is 4.09. The molecule has 0 aliphatic carbocycles. The minimum absolute atomic E-state index is 0.163. The van der Waals surface area contributed by atoms with Crippen LogP contribution < -0.4 is 5.56 Å². The first-order valence-electron chi connectivity index (χ1n) is 5.25. The van der Waals surface area contributed by atoms with E-state index in [0.717, 1.165) is 12.1 Å². The van der Waals surface area contributed by atoms with Crippen molar-refractivity contribution in [1.29, 1.82) is 0 Å². The Bertz CT molecular complexity index is 517. The Labute approximate surface area is 94.2 Å². The molecule has 16 heavy (non-hydrogen) atoms. The first-order chi connectivity index (χ1) is 7.63. The molecule has 0 bridgehead atoms. The summed E-state index contributed by atoms with van der Waals surface area (Å²) < 4.78 is 0. The molecule has 0 aliphatic rings. The summed E-state index contributed by atoms with van der Waals surface area (Å²) in [5, 5.41) is 6.44. The van der Waals surface area contributed by atoms with E-state index in [2.05, 4.69) is 42.2 Å². The van der Waals surface area contributed by atoms with Crippen molar-refractivity contribution < 1.29 is 0 Å². The third kappa shape index (κ3) is 2.57. The van der Waals surface area contributed by atoms with Gasteiger partial charge in [0.25, 0.3) is 5.56 Å². The second-order valence-electron chi connectivity index (χ2n) is 4.09. The number of rotatable bonds is 2. The van der Waals surface area contributed by atoms with Crippen molar-refractivity contribution >= 4 is 0 Å². The molecule has 0 unspecified atom stereocenters. The molecule has 1 aromatic heterocycles. The fraction of sp³-hybridized carbons (Fsp3) is 0.231. The molecule has 1 heterocycles. The van der Waals surface area contributed by atoms with E-state index in [4.69, 9.17) is 0 Å². The minimum atomic E-state index is -0.163. The van der Waals surface area contributed by atoms with Crippen LogP contribution in [0.15, 0.2) is 35.1 Å². The van der Waals surface area contributed by atoms with E-state index in [9.17, 15) is 4.79 Å². The normalized spacial score (nSPS) is 10.4. The first kappa shape index (κ1) is 10.6. The third-order valence-corrected chi connectivity index (χ3v) is 2.40. The standard InChI is InChI=1S/C13H14N2O/c1-9-5-10(2)7-11(6-9)8-12-3-4-13(16)15-14-12/h3-7H,8H2,1-2H3,(H,15,16). The highest BCUT2D eigenvalue weighted by molar-refractivity contribution is 5.30. The highest BCUT2D eigenvalue weighted by Gasteiger charge is 1.99. The maximum Gasteiger partial charge on any atom is 0.264 e. The van der Waals surface area contributed by atoms with Gasteiger partial charge in [0.2, 0.25) is 0 Å². The number of nitrogens with one attached hydrogen (secondary N) is 1. The largest absolute Gasteiger partial charge is 0.268 e.